The summed E-state index contributed by atoms with van der Waals surface area (Å²) in [6, 6.07) is 45.1. The van der Waals surface area contributed by atoms with Gasteiger partial charge in [0.15, 0.2) is 0 Å². The van der Waals surface area contributed by atoms with Crippen molar-refractivity contribution in [1.29, 1.82) is 0 Å². The van der Waals surface area contributed by atoms with Gasteiger partial charge in [-0.3, -0.25) is 0 Å². The monoisotopic (exact) mass is 600 g/mol. The van der Waals surface area contributed by atoms with Crippen molar-refractivity contribution in [3.05, 3.63) is 138 Å². The summed E-state index contributed by atoms with van der Waals surface area (Å²) >= 11 is 0. The number of para-hydroxylation sites is 1. The number of aryl methyl sites for hydroxylation is 1. The highest BCUT2D eigenvalue weighted by Crippen LogP contribution is 2.44. The minimum atomic E-state index is 0.0934. The van der Waals surface area contributed by atoms with Gasteiger partial charge in [0.1, 0.15) is 0 Å². The first kappa shape index (κ1) is 29.9. The molecular weight excluding hydrogens is 556 g/mol. The molecule has 0 amide bonds. The second kappa shape index (κ2) is 10.9. The Morgan fingerprint density at radius 3 is 1.67 bits per heavy atom. The third kappa shape index (κ3) is 4.97. The molecular formula is C44H44N2. The van der Waals surface area contributed by atoms with Crippen LogP contribution in [0.5, 0.6) is 0 Å². The molecule has 7 rings (SSSR count). The summed E-state index contributed by atoms with van der Waals surface area (Å²) in [7, 11) is 2.21. The molecule has 0 spiro atoms. The molecule has 6 aromatic carbocycles. The number of aromatic nitrogens is 1. The Morgan fingerprint density at radius 1 is 0.522 bits per heavy atom. The average molecular weight is 601 g/mol. The summed E-state index contributed by atoms with van der Waals surface area (Å²) in [5.74, 6) is 0. The Kier molecular flexibility index (Phi) is 7.09. The van der Waals surface area contributed by atoms with E-state index >= 15 is 0 Å². The van der Waals surface area contributed by atoms with E-state index in [-0.39, 0.29) is 10.8 Å². The standard InChI is InChI=1S/C44H44N2/c1-29-35(37-16-11-17-38-41-36-14-10-9-13-30(36)19-28-40(41)45(8)42(37)38)15-12-18-39(29)46(33-24-20-31(21-25-33)43(2,3)4)34-26-22-32(23-27-34)44(5,6)7/h9-28H,1-8H3. The first-order valence-electron chi connectivity index (χ1n) is 16.4. The van der Waals surface area contributed by atoms with E-state index in [0.717, 1.165) is 11.4 Å². The lowest BCUT2D eigenvalue weighted by Gasteiger charge is -2.30. The highest BCUT2D eigenvalue weighted by atomic mass is 15.1. The van der Waals surface area contributed by atoms with Crippen LogP contribution in [0.15, 0.2) is 121 Å². The molecule has 0 radical (unpaired) electrons. The molecule has 1 aromatic heterocycles. The zero-order valence-corrected chi connectivity index (χ0v) is 28.4. The van der Waals surface area contributed by atoms with Gasteiger partial charge in [-0.2, -0.15) is 0 Å². The van der Waals surface area contributed by atoms with Gasteiger partial charge < -0.3 is 9.47 Å². The minimum absolute atomic E-state index is 0.0934. The predicted octanol–water partition coefficient (Wildman–Crippen LogP) is 12.5. The fraction of sp³-hybridized carbons (Fsp3) is 0.227. The average Bonchev–Trinajstić information content (AvgIpc) is 3.34. The van der Waals surface area contributed by atoms with Gasteiger partial charge >= 0.3 is 0 Å². The lowest BCUT2D eigenvalue weighted by Crippen LogP contribution is -2.15. The first-order chi connectivity index (χ1) is 21.9. The molecule has 46 heavy (non-hydrogen) atoms. The lowest BCUT2D eigenvalue weighted by molar-refractivity contribution is 0.590. The second-order valence-corrected chi connectivity index (χ2v) is 14.8. The van der Waals surface area contributed by atoms with E-state index in [4.69, 9.17) is 0 Å². The van der Waals surface area contributed by atoms with Gasteiger partial charge in [-0.15, -0.1) is 0 Å². The lowest BCUT2D eigenvalue weighted by atomic mass is 9.86. The van der Waals surface area contributed by atoms with Crippen molar-refractivity contribution in [2.24, 2.45) is 7.05 Å². The normalized spacial score (nSPS) is 12.3. The molecule has 230 valence electrons. The van der Waals surface area contributed by atoms with E-state index in [1.807, 2.05) is 0 Å². The van der Waals surface area contributed by atoms with E-state index in [1.54, 1.807) is 0 Å². The number of nitrogens with zero attached hydrogens (tertiary/aromatic N) is 2. The molecule has 0 N–H and O–H groups in total. The van der Waals surface area contributed by atoms with Crippen LogP contribution in [0.3, 0.4) is 0 Å². The van der Waals surface area contributed by atoms with Crippen molar-refractivity contribution < 1.29 is 0 Å². The van der Waals surface area contributed by atoms with Gasteiger partial charge in [-0.1, -0.05) is 126 Å². The Balaban J connectivity index is 1.44. The van der Waals surface area contributed by atoms with Crippen molar-refractivity contribution in [1.82, 2.24) is 4.57 Å². The molecule has 0 unspecified atom stereocenters. The molecule has 0 aliphatic heterocycles. The molecule has 0 aliphatic rings. The van der Waals surface area contributed by atoms with Crippen LogP contribution in [0, 0.1) is 6.92 Å². The quantitative estimate of drug-likeness (QED) is 0.195. The number of anilines is 3. The number of fused-ring (bicyclic) bond motifs is 5. The Labute approximate surface area is 273 Å². The zero-order valence-electron chi connectivity index (χ0n) is 28.4. The summed E-state index contributed by atoms with van der Waals surface area (Å²) < 4.78 is 2.38. The molecule has 0 aliphatic carbocycles. The van der Waals surface area contributed by atoms with Crippen LogP contribution in [-0.4, -0.2) is 4.57 Å². The number of hydrogen-bond acceptors (Lipinski definition) is 1. The van der Waals surface area contributed by atoms with Crippen molar-refractivity contribution in [2.75, 3.05) is 4.90 Å². The van der Waals surface area contributed by atoms with Crippen molar-refractivity contribution >= 4 is 49.6 Å². The van der Waals surface area contributed by atoms with Crippen molar-refractivity contribution in [2.45, 2.75) is 59.3 Å². The topological polar surface area (TPSA) is 8.17 Å². The number of benzene rings is 6. The van der Waals surface area contributed by atoms with Gasteiger partial charge in [0.25, 0.3) is 0 Å². The Morgan fingerprint density at radius 2 is 1.07 bits per heavy atom. The third-order valence-electron chi connectivity index (χ3n) is 9.73. The van der Waals surface area contributed by atoms with Gasteiger partial charge in [-0.25, -0.2) is 0 Å². The molecule has 0 atom stereocenters. The van der Waals surface area contributed by atoms with Crippen LogP contribution in [-0.2, 0) is 17.9 Å². The first-order valence-corrected chi connectivity index (χ1v) is 16.4. The van der Waals surface area contributed by atoms with Gasteiger partial charge in [-0.05, 0) is 87.2 Å². The van der Waals surface area contributed by atoms with Crippen LogP contribution in [0.2, 0.25) is 0 Å². The van der Waals surface area contributed by atoms with Crippen LogP contribution in [0.25, 0.3) is 43.7 Å². The largest absolute Gasteiger partial charge is 0.343 e. The van der Waals surface area contributed by atoms with Crippen LogP contribution in [0.4, 0.5) is 17.1 Å². The predicted molar refractivity (Wildman–Crippen MR) is 200 cm³/mol. The maximum Gasteiger partial charge on any atom is 0.0568 e. The maximum absolute atomic E-state index is 2.42. The number of hydrogen-bond donors (Lipinski definition) is 0. The summed E-state index contributed by atoms with van der Waals surface area (Å²) in [6.07, 6.45) is 0. The summed E-state index contributed by atoms with van der Waals surface area (Å²) in [5.41, 5.74) is 12.6. The third-order valence-corrected chi connectivity index (χ3v) is 9.73. The van der Waals surface area contributed by atoms with Gasteiger partial charge in [0.2, 0.25) is 0 Å². The second-order valence-electron chi connectivity index (χ2n) is 14.8. The fourth-order valence-electron chi connectivity index (χ4n) is 7.07. The van der Waals surface area contributed by atoms with Crippen molar-refractivity contribution in [3.8, 4) is 11.1 Å². The van der Waals surface area contributed by atoms with E-state index in [2.05, 4.69) is 186 Å². The van der Waals surface area contributed by atoms with E-state index in [0.29, 0.717) is 0 Å². The Hall–Kier alpha value is -4.82. The molecule has 2 nitrogen and oxygen atoms in total. The highest BCUT2D eigenvalue weighted by Gasteiger charge is 2.22. The van der Waals surface area contributed by atoms with Crippen LogP contribution in [0.1, 0.15) is 58.2 Å². The fourth-order valence-corrected chi connectivity index (χ4v) is 7.07. The number of rotatable bonds is 4. The molecule has 0 saturated carbocycles. The molecule has 1 heterocycles. The summed E-state index contributed by atoms with van der Waals surface area (Å²) in [5, 5.41) is 5.20. The highest BCUT2D eigenvalue weighted by molar-refractivity contribution is 6.22. The summed E-state index contributed by atoms with van der Waals surface area (Å²) in [4.78, 5) is 2.42. The van der Waals surface area contributed by atoms with Gasteiger partial charge in [0, 0.05) is 46.0 Å². The molecule has 7 aromatic rings. The van der Waals surface area contributed by atoms with Crippen LogP contribution >= 0.6 is 0 Å². The molecule has 0 saturated heterocycles. The van der Waals surface area contributed by atoms with E-state index in [1.165, 1.54) is 66.1 Å². The smallest absolute Gasteiger partial charge is 0.0568 e. The zero-order chi connectivity index (χ0) is 32.4. The van der Waals surface area contributed by atoms with Crippen molar-refractivity contribution in [3.63, 3.8) is 0 Å². The van der Waals surface area contributed by atoms with E-state index < -0.39 is 0 Å². The molecule has 2 heteroatoms. The van der Waals surface area contributed by atoms with E-state index in [9.17, 15) is 0 Å². The molecule has 0 bridgehead atoms. The van der Waals surface area contributed by atoms with Gasteiger partial charge in [0.05, 0.1) is 5.52 Å². The molecule has 0 fully saturated rings. The maximum atomic E-state index is 2.42. The van der Waals surface area contributed by atoms with Crippen LogP contribution < -0.4 is 4.90 Å². The summed E-state index contributed by atoms with van der Waals surface area (Å²) in [6.45, 7) is 15.9. The SMILES string of the molecule is Cc1c(-c2cccc3c4c5ccccc5ccc4n(C)c23)cccc1N(c1ccc(C(C)(C)C)cc1)c1ccc(C(C)(C)C)cc1. The Bertz CT molecular complexity index is 2160. The minimum Gasteiger partial charge on any atom is -0.343 e.